The van der Waals surface area contributed by atoms with E-state index in [0.29, 0.717) is 29.9 Å². The normalized spacial score (nSPS) is 14.8. The lowest BCUT2D eigenvalue weighted by Crippen LogP contribution is -2.40. The molecule has 1 saturated heterocycles. The highest BCUT2D eigenvalue weighted by atomic mass is 32.2. The van der Waals surface area contributed by atoms with E-state index >= 15 is 0 Å². The fourth-order valence-electron chi connectivity index (χ4n) is 3.82. The Hall–Kier alpha value is -3.80. The molecule has 174 valence electrons. The molecule has 2 aromatic heterocycles. The second kappa shape index (κ2) is 8.86. The number of aromatic amines is 1. The number of rotatable bonds is 5. The number of aromatic nitrogens is 3. The molecule has 1 fully saturated rings. The van der Waals surface area contributed by atoms with Gasteiger partial charge >= 0.3 is 0 Å². The number of carbonyl (C=O) groups is 1. The summed E-state index contributed by atoms with van der Waals surface area (Å²) in [6.45, 7) is 1.15. The van der Waals surface area contributed by atoms with Gasteiger partial charge in [-0.15, -0.1) is 0 Å². The second-order valence-corrected chi connectivity index (χ2v) is 9.64. The highest BCUT2D eigenvalue weighted by molar-refractivity contribution is 7.89. The Morgan fingerprint density at radius 2 is 1.79 bits per heavy atom. The maximum absolute atomic E-state index is 13.1. The fourth-order valence-corrected chi connectivity index (χ4v) is 5.25. The number of H-pyrrole nitrogens is 1. The monoisotopic (exact) mass is 479 g/mol. The minimum Gasteiger partial charge on any atom is -0.379 e. The van der Waals surface area contributed by atoms with Crippen LogP contribution in [0.2, 0.25) is 0 Å². The first kappa shape index (κ1) is 22.0. The molecule has 5 rings (SSSR count). The molecule has 1 aliphatic rings. The van der Waals surface area contributed by atoms with Crippen molar-refractivity contribution in [3.8, 4) is 5.69 Å². The third-order valence-electron chi connectivity index (χ3n) is 5.52. The minimum atomic E-state index is -3.78. The Morgan fingerprint density at radius 1 is 1.03 bits per heavy atom. The Morgan fingerprint density at radius 3 is 2.56 bits per heavy atom. The fraction of sp³-hybridized carbons (Fsp3) is 0.174. The summed E-state index contributed by atoms with van der Waals surface area (Å²) in [5, 5.41) is 7.35. The van der Waals surface area contributed by atoms with E-state index in [0.717, 1.165) is 11.8 Å². The van der Waals surface area contributed by atoms with Gasteiger partial charge in [-0.1, -0.05) is 18.2 Å². The van der Waals surface area contributed by atoms with Gasteiger partial charge in [0, 0.05) is 42.3 Å². The van der Waals surface area contributed by atoms with Gasteiger partial charge in [0.15, 0.2) is 5.82 Å². The molecule has 0 saturated carbocycles. The van der Waals surface area contributed by atoms with Crippen LogP contribution in [0.15, 0.2) is 76.6 Å². The van der Waals surface area contributed by atoms with E-state index < -0.39 is 21.5 Å². The van der Waals surface area contributed by atoms with E-state index in [2.05, 4.69) is 15.4 Å². The number of pyridine rings is 1. The maximum atomic E-state index is 13.1. The number of ether oxygens (including phenoxy) is 1. The van der Waals surface area contributed by atoms with Crippen LogP contribution in [-0.2, 0) is 14.8 Å². The third kappa shape index (κ3) is 4.23. The summed E-state index contributed by atoms with van der Waals surface area (Å²) in [5.41, 5.74) is 0.749. The third-order valence-corrected chi connectivity index (χ3v) is 7.41. The molecular weight excluding hydrogens is 458 g/mol. The number of morpholine rings is 1. The highest BCUT2D eigenvalue weighted by Gasteiger charge is 2.27. The molecule has 0 atom stereocenters. The van der Waals surface area contributed by atoms with E-state index in [9.17, 15) is 18.0 Å². The number of hydrogen-bond acceptors (Lipinski definition) is 6. The van der Waals surface area contributed by atoms with Crippen LogP contribution in [-0.4, -0.2) is 59.7 Å². The molecule has 2 N–H and O–H groups in total. The van der Waals surface area contributed by atoms with Gasteiger partial charge in [-0.25, -0.2) is 13.1 Å². The number of hydrogen-bond donors (Lipinski definition) is 2. The van der Waals surface area contributed by atoms with Gasteiger partial charge in [-0.2, -0.15) is 9.40 Å². The average molecular weight is 480 g/mol. The number of fused-ring (bicyclic) bond motifs is 1. The van der Waals surface area contributed by atoms with Gasteiger partial charge in [0.1, 0.15) is 0 Å². The smallest absolute Gasteiger partial charge is 0.257 e. The van der Waals surface area contributed by atoms with E-state index in [1.54, 1.807) is 16.9 Å². The number of nitrogens with zero attached hydrogens (tertiary/aromatic N) is 3. The van der Waals surface area contributed by atoms with Crippen LogP contribution >= 0.6 is 0 Å². The molecule has 3 heterocycles. The molecule has 10 nitrogen and oxygen atoms in total. The zero-order valence-electron chi connectivity index (χ0n) is 18.0. The van der Waals surface area contributed by atoms with Crippen molar-refractivity contribution in [3.05, 3.63) is 82.8 Å². The summed E-state index contributed by atoms with van der Waals surface area (Å²) in [5.74, 6) is -0.283. The average Bonchev–Trinajstić information content (AvgIpc) is 3.32. The molecule has 1 amide bonds. The largest absolute Gasteiger partial charge is 0.379 e. The van der Waals surface area contributed by atoms with E-state index in [1.165, 1.54) is 22.5 Å². The van der Waals surface area contributed by atoms with Crippen LogP contribution in [0.3, 0.4) is 0 Å². The lowest BCUT2D eigenvalue weighted by molar-refractivity contribution is 0.0730. The van der Waals surface area contributed by atoms with Crippen molar-refractivity contribution in [3.63, 3.8) is 0 Å². The van der Waals surface area contributed by atoms with E-state index in [1.807, 2.05) is 30.3 Å². The second-order valence-electron chi connectivity index (χ2n) is 7.71. The molecule has 4 aromatic rings. The van der Waals surface area contributed by atoms with E-state index in [4.69, 9.17) is 4.74 Å². The molecule has 2 aromatic carbocycles. The zero-order valence-corrected chi connectivity index (χ0v) is 18.8. The summed E-state index contributed by atoms with van der Waals surface area (Å²) in [6.07, 6.45) is 1.70. The van der Waals surface area contributed by atoms with Gasteiger partial charge in [-0.05, 0) is 30.3 Å². The Balaban J connectivity index is 1.49. The molecule has 0 unspecified atom stereocenters. The summed E-state index contributed by atoms with van der Waals surface area (Å²) >= 11 is 0. The Kier molecular flexibility index (Phi) is 5.74. The van der Waals surface area contributed by atoms with Crippen molar-refractivity contribution < 1.29 is 17.9 Å². The number of para-hydroxylation sites is 1. The molecule has 0 spiro atoms. The Bertz CT molecular complexity index is 1520. The first-order chi connectivity index (χ1) is 16.4. The summed E-state index contributed by atoms with van der Waals surface area (Å²) in [6, 6.07) is 16.5. The lowest BCUT2D eigenvalue weighted by Gasteiger charge is -2.26. The number of anilines is 1. The van der Waals surface area contributed by atoms with Crippen molar-refractivity contribution in [1.29, 1.82) is 0 Å². The minimum absolute atomic E-state index is 0.0383. The number of benzene rings is 2. The van der Waals surface area contributed by atoms with Crippen molar-refractivity contribution in [1.82, 2.24) is 19.1 Å². The zero-order chi connectivity index (χ0) is 23.7. The number of carbonyl (C=O) groups excluding carboxylic acids is 1. The standard InChI is InChI=1S/C23H21N5O5S/c29-22-15-19(23(30)25-21-8-9-28(26-21)16-4-2-1-3-5-16)18-14-17(6-7-20(18)24-22)34(31,32)27-10-12-33-13-11-27/h1-9,14-15H,10-13H2,(H,24,29)(H,25,26,30). The van der Waals surface area contributed by atoms with E-state index in [-0.39, 0.29) is 23.5 Å². The highest BCUT2D eigenvalue weighted by Crippen LogP contribution is 2.24. The van der Waals surface area contributed by atoms with Crippen molar-refractivity contribution >= 4 is 32.7 Å². The van der Waals surface area contributed by atoms with Gasteiger partial charge in [0.05, 0.1) is 29.4 Å². The van der Waals surface area contributed by atoms with Crippen LogP contribution < -0.4 is 10.9 Å². The number of amides is 1. The topological polar surface area (TPSA) is 126 Å². The van der Waals surface area contributed by atoms with Crippen LogP contribution in [0.4, 0.5) is 5.82 Å². The van der Waals surface area contributed by atoms with Gasteiger partial charge in [0.25, 0.3) is 5.91 Å². The SMILES string of the molecule is O=C(Nc1ccn(-c2ccccc2)n1)c1cc(=O)[nH]c2ccc(S(=O)(=O)N3CCOCC3)cc12. The molecule has 1 aliphatic heterocycles. The van der Waals surface area contributed by atoms with Gasteiger partial charge in [0.2, 0.25) is 15.6 Å². The molecule has 11 heteroatoms. The summed E-state index contributed by atoms with van der Waals surface area (Å²) < 4.78 is 34.4. The van der Waals surface area contributed by atoms with Crippen LogP contribution in [0, 0.1) is 0 Å². The van der Waals surface area contributed by atoms with Crippen LogP contribution in [0.25, 0.3) is 16.6 Å². The van der Waals surface area contributed by atoms with Gasteiger partial charge < -0.3 is 15.0 Å². The summed E-state index contributed by atoms with van der Waals surface area (Å²) in [7, 11) is -3.78. The van der Waals surface area contributed by atoms with Gasteiger partial charge in [-0.3, -0.25) is 9.59 Å². The first-order valence-electron chi connectivity index (χ1n) is 10.6. The van der Waals surface area contributed by atoms with Crippen LogP contribution in [0.5, 0.6) is 0 Å². The van der Waals surface area contributed by atoms with Crippen molar-refractivity contribution in [2.45, 2.75) is 4.90 Å². The molecule has 0 bridgehead atoms. The maximum Gasteiger partial charge on any atom is 0.257 e. The first-order valence-corrected chi connectivity index (χ1v) is 12.0. The molecule has 34 heavy (non-hydrogen) atoms. The van der Waals surface area contributed by atoms with Crippen LogP contribution in [0.1, 0.15) is 10.4 Å². The molecule has 0 radical (unpaired) electrons. The number of nitrogens with one attached hydrogen (secondary N) is 2. The predicted octanol–water partition coefficient (Wildman–Crippen LogP) is 1.99. The number of sulfonamides is 1. The Labute approximate surface area is 194 Å². The molecule has 0 aliphatic carbocycles. The quantitative estimate of drug-likeness (QED) is 0.451. The van der Waals surface area contributed by atoms with Crippen molar-refractivity contribution in [2.75, 3.05) is 31.6 Å². The molecular formula is C23H21N5O5S. The lowest BCUT2D eigenvalue weighted by atomic mass is 10.1. The predicted molar refractivity (Wildman–Crippen MR) is 126 cm³/mol. The summed E-state index contributed by atoms with van der Waals surface area (Å²) in [4.78, 5) is 28.0. The van der Waals surface area contributed by atoms with Crippen molar-refractivity contribution in [2.24, 2.45) is 0 Å².